The molecule has 1 aromatic carbocycles. The highest BCUT2D eigenvalue weighted by molar-refractivity contribution is 5.75. The SMILES string of the molecule is CC(C)NC(=O)Cn1nc2n(c(=O)c1=O)CCN2c1ccccc1. The van der Waals surface area contributed by atoms with Gasteiger partial charge in [-0.25, -0.2) is 4.68 Å². The fraction of sp³-hybridized carbons (Fsp3) is 0.375. The standard InChI is InChI=1S/C16H19N5O3/c1-11(2)17-13(22)10-21-15(24)14(23)20-9-8-19(16(20)18-21)12-6-4-3-5-7-12/h3-7,11H,8-10H2,1-2H3,(H,17,22). The molecule has 2 heterocycles. The van der Waals surface area contributed by atoms with Gasteiger partial charge in [-0.3, -0.25) is 19.0 Å². The summed E-state index contributed by atoms with van der Waals surface area (Å²) in [5, 5.41) is 6.94. The second kappa shape index (κ2) is 6.31. The van der Waals surface area contributed by atoms with E-state index >= 15 is 0 Å². The van der Waals surface area contributed by atoms with Gasteiger partial charge in [-0.05, 0) is 26.0 Å². The van der Waals surface area contributed by atoms with Crippen molar-refractivity contribution in [2.24, 2.45) is 0 Å². The largest absolute Gasteiger partial charge is 0.352 e. The van der Waals surface area contributed by atoms with Crippen molar-refractivity contribution in [2.75, 3.05) is 11.4 Å². The summed E-state index contributed by atoms with van der Waals surface area (Å²) >= 11 is 0. The molecule has 0 unspecified atom stereocenters. The first-order chi connectivity index (χ1) is 11.5. The maximum absolute atomic E-state index is 12.3. The lowest BCUT2D eigenvalue weighted by Crippen LogP contribution is -2.45. The van der Waals surface area contributed by atoms with Crippen LogP contribution in [0, 0.1) is 0 Å². The molecule has 3 rings (SSSR count). The maximum atomic E-state index is 12.3. The number of hydrogen-bond donors (Lipinski definition) is 1. The first-order valence-corrected chi connectivity index (χ1v) is 7.81. The number of fused-ring (bicyclic) bond motifs is 1. The van der Waals surface area contributed by atoms with E-state index < -0.39 is 11.1 Å². The molecule has 8 heteroatoms. The number of hydrogen-bond acceptors (Lipinski definition) is 5. The number of nitrogens with zero attached hydrogens (tertiary/aromatic N) is 4. The third kappa shape index (κ3) is 2.94. The second-order valence-corrected chi connectivity index (χ2v) is 5.93. The summed E-state index contributed by atoms with van der Waals surface area (Å²) in [5.74, 6) is 0.0244. The number of benzene rings is 1. The molecular weight excluding hydrogens is 310 g/mol. The molecule has 0 spiro atoms. The van der Waals surface area contributed by atoms with E-state index in [1.54, 1.807) is 0 Å². The zero-order chi connectivity index (χ0) is 17.3. The summed E-state index contributed by atoms with van der Waals surface area (Å²) < 4.78 is 2.29. The van der Waals surface area contributed by atoms with Gasteiger partial charge in [0.2, 0.25) is 11.9 Å². The Morgan fingerprint density at radius 1 is 1.17 bits per heavy atom. The number of para-hydroxylation sites is 1. The van der Waals surface area contributed by atoms with Crippen LogP contribution in [0.25, 0.3) is 0 Å². The van der Waals surface area contributed by atoms with Gasteiger partial charge >= 0.3 is 11.1 Å². The van der Waals surface area contributed by atoms with Crippen LogP contribution in [0.4, 0.5) is 11.6 Å². The van der Waals surface area contributed by atoms with Gasteiger partial charge in [-0.1, -0.05) is 18.2 Å². The first-order valence-electron chi connectivity index (χ1n) is 7.81. The number of carbonyl (C=O) groups excluding carboxylic acids is 1. The molecule has 1 amide bonds. The number of aromatic nitrogens is 3. The number of carbonyl (C=O) groups is 1. The van der Waals surface area contributed by atoms with Crippen molar-refractivity contribution in [3.63, 3.8) is 0 Å². The highest BCUT2D eigenvalue weighted by Gasteiger charge is 2.26. The molecule has 0 bridgehead atoms. The van der Waals surface area contributed by atoms with Crippen molar-refractivity contribution in [1.82, 2.24) is 19.7 Å². The highest BCUT2D eigenvalue weighted by atomic mass is 16.2. The second-order valence-electron chi connectivity index (χ2n) is 5.93. The summed E-state index contributed by atoms with van der Waals surface area (Å²) in [4.78, 5) is 38.2. The van der Waals surface area contributed by atoms with Crippen LogP contribution in [-0.4, -0.2) is 32.8 Å². The molecule has 0 saturated carbocycles. The topological polar surface area (TPSA) is 89.2 Å². The van der Waals surface area contributed by atoms with Gasteiger partial charge in [-0.15, -0.1) is 5.10 Å². The molecule has 1 N–H and O–H groups in total. The summed E-state index contributed by atoms with van der Waals surface area (Å²) in [7, 11) is 0. The lowest BCUT2D eigenvalue weighted by Gasteiger charge is -2.17. The Kier molecular flexibility index (Phi) is 4.20. The summed E-state index contributed by atoms with van der Waals surface area (Å²) in [6.45, 7) is 4.31. The van der Waals surface area contributed by atoms with Gasteiger partial charge in [0.05, 0.1) is 0 Å². The molecule has 1 aromatic heterocycles. The minimum Gasteiger partial charge on any atom is -0.352 e. The molecular formula is C16H19N5O3. The van der Waals surface area contributed by atoms with Gasteiger partial charge in [0.15, 0.2) is 0 Å². The Morgan fingerprint density at radius 2 is 1.88 bits per heavy atom. The molecule has 1 aliphatic heterocycles. The summed E-state index contributed by atoms with van der Waals surface area (Å²) in [6.07, 6.45) is 0. The van der Waals surface area contributed by atoms with E-state index in [1.807, 2.05) is 49.1 Å². The Balaban J connectivity index is 2.00. The number of anilines is 2. The van der Waals surface area contributed by atoms with Gasteiger partial charge in [-0.2, -0.15) is 0 Å². The van der Waals surface area contributed by atoms with Crippen LogP contribution in [0.15, 0.2) is 39.9 Å². The maximum Gasteiger partial charge on any atom is 0.333 e. The number of nitrogens with one attached hydrogen (secondary N) is 1. The minimum absolute atomic E-state index is 0.0513. The Hall–Kier alpha value is -2.90. The Labute approximate surface area is 138 Å². The van der Waals surface area contributed by atoms with Crippen molar-refractivity contribution < 1.29 is 4.79 Å². The Morgan fingerprint density at radius 3 is 2.54 bits per heavy atom. The molecule has 24 heavy (non-hydrogen) atoms. The number of amides is 1. The van der Waals surface area contributed by atoms with E-state index in [9.17, 15) is 14.4 Å². The lowest BCUT2D eigenvalue weighted by molar-refractivity contribution is -0.122. The van der Waals surface area contributed by atoms with Gasteiger partial charge in [0.1, 0.15) is 6.54 Å². The van der Waals surface area contributed by atoms with Gasteiger partial charge in [0.25, 0.3) is 0 Å². The zero-order valence-electron chi connectivity index (χ0n) is 13.6. The molecule has 0 radical (unpaired) electrons. The molecule has 0 aliphatic carbocycles. The van der Waals surface area contributed by atoms with Crippen LogP contribution in [-0.2, 0) is 17.9 Å². The predicted octanol–water partition coefficient (Wildman–Crippen LogP) is 0.0813. The third-order valence-corrected chi connectivity index (χ3v) is 3.71. The van der Waals surface area contributed by atoms with Crippen LogP contribution >= 0.6 is 0 Å². The van der Waals surface area contributed by atoms with E-state index in [4.69, 9.17) is 0 Å². The zero-order valence-corrected chi connectivity index (χ0v) is 13.6. The molecule has 8 nitrogen and oxygen atoms in total. The number of rotatable bonds is 4. The van der Waals surface area contributed by atoms with E-state index in [2.05, 4.69) is 10.4 Å². The van der Waals surface area contributed by atoms with E-state index in [0.29, 0.717) is 19.0 Å². The first kappa shape index (κ1) is 16.0. The Bertz CT molecular complexity index is 870. The predicted molar refractivity (Wildman–Crippen MR) is 89.5 cm³/mol. The van der Waals surface area contributed by atoms with Crippen molar-refractivity contribution in [2.45, 2.75) is 33.0 Å². The van der Waals surface area contributed by atoms with Gasteiger partial charge < -0.3 is 10.2 Å². The lowest BCUT2D eigenvalue weighted by atomic mass is 10.3. The van der Waals surface area contributed by atoms with Crippen LogP contribution in [0.5, 0.6) is 0 Å². The molecule has 0 saturated heterocycles. The average molecular weight is 329 g/mol. The van der Waals surface area contributed by atoms with Gasteiger partial charge in [0, 0.05) is 24.8 Å². The average Bonchev–Trinajstić information content (AvgIpc) is 2.96. The van der Waals surface area contributed by atoms with E-state index in [-0.39, 0.29) is 18.5 Å². The monoisotopic (exact) mass is 329 g/mol. The molecule has 2 aromatic rings. The van der Waals surface area contributed by atoms with E-state index in [0.717, 1.165) is 10.4 Å². The van der Waals surface area contributed by atoms with E-state index in [1.165, 1.54) is 4.57 Å². The molecule has 0 fully saturated rings. The van der Waals surface area contributed by atoms with Crippen LogP contribution in [0.2, 0.25) is 0 Å². The summed E-state index contributed by atoms with van der Waals surface area (Å²) in [5.41, 5.74) is -0.559. The van der Waals surface area contributed by atoms with Crippen molar-refractivity contribution >= 4 is 17.5 Å². The van der Waals surface area contributed by atoms with Crippen molar-refractivity contribution in [3.05, 3.63) is 51.0 Å². The molecule has 1 aliphatic rings. The highest BCUT2D eigenvalue weighted by Crippen LogP contribution is 2.25. The van der Waals surface area contributed by atoms with Crippen LogP contribution in [0.1, 0.15) is 13.8 Å². The van der Waals surface area contributed by atoms with Crippen molar-refractivity contribution in [3.8, 4) is 0 Å². The minimum atomic E-state index is -0.785. The quantitative estimate of drug-likeness (QED) is 0.803. The fourth-order valence-corrected chi connectivity index (χ4v) is 2.69. The fourth-order valence-electron chi connectivity index (χ4n) is 2.69. The van der Waals surface area contributed by atoms with Crippen LogP contribution in [0.3, 0.4) is 0 Å². The third-order valence-electron chi connectivity index (χ3n) is 3.71. The van der Waals surface area contributed by atoms with Crippen molar-refractivity contribution in [1.29, 1.82) is 0 Å². The molecule has 126 valence electrons. The molecule has 0 atom stereocenters. The summed E-state index contributed by atoms with van der Waals surface area (Å²) in [6, 6.07) is 9.44. The van der Waals surface area contributed by atoms with Crippen LogP contribution < -0.4 is 21.3 Å². The normalized spacial score (nSPS) is 13.2. The smallest absolute Gasteiger partial charge is 0.333 e.